The lowest BCUT2D eigenvalue weighted by Gasteiger charge is -2.40. The second-order valence-electron chi connectivity index (χ2n) is 18.5. The number of hydrogen-bond donors (Lipinski definition) is 4. The Hall–Kier alpha value is -3.51. The van der Waals surface area contributed by atoms with Gasteiger partial charge in [0.05, 0.1) is 12.1 Å². The number of fused-ring (bicyclic) bond motifs is 3. The maximum absolute atomic E-state index is 14.5. The number of urea groups is 1. The van der Waals surface area contributed by atoms with Crippen molar-refractivity contribution in [1.82, 2.24) is 31.1 Å². The molecule has 7 amide bonds. The van der Waals surface area contributed by atoms with E-state index in [2.05, 4.69) is 35.1 Å². The molecule has 4 aliphatic rings. The Balaban J connectivity index is 1.55. The first-order valence-electron chi connectivity index (χ1n) is 20.1. The van der Waals surface area contributed by atoms with E-state index in [1.807, 2.05) is 41.5 Å². The minimum absolute atomic E-state index is 0.0203. The van der Waals surface area contributed by atoms with E-state index in [-0.39, 0.29) is 54.4 Å². The summed E-state index contributed by atoms with van der Waals surface area (Å²) in [5.74, 6) is -2.76. The van der Waals surface area contributed by atoms with Crippen LogP contribution in [0, 0.1) is 28.1 Å². The third-order valence-electron chi connectivity index (χ3n) is 12.1. The van der Waals surface area contributed by atoms with Crippen LogP contribution in [0.25, 0.3) is 0 Å². The SMILES string of the molecule is CCCNC(=O)C(=O)[C@H]1CCCCCCCCCC[C@@H](NC(=O)N[C@H](CN2C(=O)CC(C)(C)CC2=O)C(C)(C)C)C(=O)N2C[C@H]3[C@@H]([C@H]2C(=O)N1)C3(C)C. The molecule has 3 heterocycles. The average molecular weight is 743 g/mol. The number of carbonyl (C=O) groups excluding carboxylic acids is 7. The summed E-state index contributed by atoms with van der Waals surface area (Å²) >= 11 is 0. The van der Waals surface area contributed by atoms with Crippen molar-refractivity contribution in [3.63, 3.8) is 0 Å². The average Bonchev–Trinajstić information content (AvgIpc) is 3.36. The summed E-state index contributed by atoms with van der Waals surface area (Å²) in [6, 6.07) is -3.93. The maximum atomic E-state index is 14.5. The lowest BCUT2D eigenvalue weighted by Crippen LogP contribution is -2.61. The molecule has 13 nitrogen and oxygen atoms in total. The van der Waals surface area contributed by atoms with Gasteiger partial charge in [-0.1, -0.05) is 107 Å². The first kappa shape index (κ1) is 42.2. The molecule has 0 aromatic heterocycles. The number of carbonyl (C=O) groups is 7. The molecule has 53 heavy (non-hydrogen) atoms. The standard InChI is InChI=1S/C40H66N6O7/c1-9-20-41-35(51)33(49)26-18-16-14-12-10-11-13-15-17-19-27(36(52)46-23-25-31(40(25,7)8)32(46)34(50)42-26)43-37(53)44-28(38(2,3)4)24-45-29(47)21-39(5,6)22-30(45)48/h25-28,31-32H,9-24H2,1-8H3,(H,41,51)(H,42,50)(H2,43,44,53)/t25-,26+,27+,28+,31-,32-/m0/s1. The van der Waals surface area contributed by atoms with E-state index in [0.29, 0.717) is 45.2 Å². The zero-order valence-corrected chi connectivity index (χ0v) is 33.5. The molecule has 0 bridgehead atoms. The van der Waals surface area contributed by atoms with Gasteiger partial charge in [0.25, 0.3) is 5.91 Å². The van der Waals surface area contributed by atoms with Gasteiger partial charge < -0.3 is 26.2 Å². The number of nitrogens with one attached hydrogen (secondary N) is 4. The van der Waals surface area contributed by atoms with Crippen molar-refractivity contribution in [3.05, 3.63) is 0 Å². The van der Waals surface area contributed by atoms with Gasteiger partial charge in [-0.05, 0) is 47.3 Å². The summed E-state index contributed by atoms with van der Waals surface area (Å²) in [5.41, 5.74) is -1.13. The van der Waals surface area contributed by atoms with Gasteiger partial charge in [-0.2, -0.15) is 0 Å². The van der Waals surface area contributed by atoms with Crippen molar-refractivity contribution in [2.24, 2.45) is 28.1 Å². The van der Waals surface area contributed by atoms with Crippen LogP contribution >= 0.6 is 0 Å². The van der Waals surface area contributed by atoms with Gasteiger partial charge in [-0.15, -0.1) is 0 Å². The molecule has 0 unspecified atom stereocenters. The van der Waals surface area contributed by atoms with Crippen LogP contribution in [-0.2, 0) is 28.8 Å². The minimum Gasteiger partial charge on any atom is -0.349 e. The third-order valence-corrected chi connectivity index (χ3v) is 12.1. The Morgan fingerprint density at radius 1 is 0.868 bits per heavy atom. The van der Waals surface area contributed by atoms with Crippen molar-refractivity contribution >= 4 is 41.4 Å². The smallest absolute Gasteiger partial charge is 0.315 e. The van der Waals surface area contributed by atoms with Crippen LogP contribution in [0.5, 0.6) is 0 Å². The molecule has 1 saturated carbocycles. The normalized spacial score (nSPS) is 28.9. The zero-order chi connectivity index (χ0) is 39.3. The van der Waals surface area contributed by atoms with Crippen molar-refractivity contribution in [2.45, 2.75) is 163 Å². The summed E-state index contributed by atoms with van der Waals surface area (Å²) in [6.07, 6.45) is 9.06. The fourth-order valence-corrected chi connectivity index (χ4v) is 8.53. The van der Waals surface area contributed by atoms with E-state index in [0.717, 1.165) is 38.5 Å². The molecule has 4 N–H and O–H groups in total. The van der Waals surface area contributed by atoms with Gasteiger partial charge in [0.15, 0.2) is 0 Å². The first-order valence-corrected chi connectivity index (χ1v) is 20.1. The van der Waals surface area contributed by atoms with Crippen molar-refractivity contribution < 1.29 is 33.6 Å². The van der Waals surface area contributed by atoms with Crippen molar-refractivity contribution in [2.75, 3.05) is 19.6 Å². The first-order chi connectivity index (χ1) is 24.8. The second-order valence-corrected chi connectivity index (χ2v) is 18.5. The Labute approximate surface area is 316 Å². The van der Waals surface area contributed by atoms with E-state index in [4.69, 9.17) is 0 Å². The van der Waals surface area contributed by atoms with Gasteiger partial charge in [0.2, 0.25) is 29.4 Å². The van der Waals surface area contributed by atoms with Crippen LogP contribution in [-0.4, -0.2) is 95.0 Å². The molecule has 4 fully saturated rings. The number of amides is 7. The third kappa shape index (κ3) is 10.6. The van der Waals surface area contributed by atoms with E-state index in [1.54, 1.807) is 4.90 Å². The van der Waals surface area contributed by atoms with Crippen LogP contribution in [0.15, 0.2) is 0 Å². The Morgan fingerprint density at radius 3 is 2.00 bits per heavy atom. The summed E-state index contributed by atoms with van der Waals surface area (Å²) in [6.45, 7) is 16.3. The number of piperidine rings is 2. The molecule has 0 spiro atoms. The molecule has 298 valence electrons. The quantitative estimate of drug-likeness (QED) is 0.213. The molecule has 0 aromatic carbocycles. The Morgan fingerprint density at radius 2 is 1.43 bits per heavy atom. The summed E-state index contributed by atoms with van der Waals surface area (Å²) in [5, 5.41) is 11.5. The van der Waals surface area contributed by atoms with Crippen LogP contribution in [0.3, 0.4) is 0 Å². The van der Waals surface area contributed by atoms with Crippen molar-refractivity contribution in [1.29, 1.82) is 0 Å². The van der Waals surface area contributed by atoms with Gasteiger partial charge >= 0.3 is 6.03 Å². The van der Waals surface area contributed by atoms with Gasteiger partial charge in [0.1, 0.15) is 12.1 Å². The summed E-state index contributed by atoms with van der Waals surface area (Å²) in [4.78, 5) is 97.4. The highest BCUT2D eigenvalue weighted by Crippen LogP contribution is 2.65. The number of likely N-dealkylation sites (tertiary alicyclic amines) is 1. The van der Waals surface area contributed by atoms with Gasteiger partial charge in [0, 0.05) is 32.5 Å². The number of hydrogen-bond acceptors (Lipinski definition) is 7. The number of rotatable bonds is 8. The molecule has 0 radical (unpaired) electrons. The molecule has 4 rings (SSSR count). The van der Waals surface area contributed by atoms with E-state index >= 15 is 0 Å². The molecule has 0 aromatic rings. The van der Waals surface area contributed by atoms with E-state index < -0.39 is 58.6 Å². The Bertz CT molecular complexity index is 1380. The minimum atomic E-state index is -0.994. The highest BCUT2D eigenvalue weighted by atomic mass is 16.2. The molecule has 1 aliphatic carbocycles. The molecule has 13 heteroatoms. The number of imide groups is 1. The predicted octanol–water partition coefficient (Wildman–Crippen LogP) is 4.22. The topological polar surface area (TPSA) is 174 Å². The molecule has 6 atom stereocenters. The van der Waals surface area contributed by atoms with Crippen molar-refractivity contribution in [3.8, 4) is 0 Å². The van der Waals surface area contributed by atoms with E-state index in [1.165, 1.54) is 4.90 Å². The van der Waals surface area contributed by atoms with Crippen LogP contribution < -0.4 is 21.3 Å². The highest BCUT2D eigenvalue weighted by molar-refractivity contribution is 6.38. The summed E-state index contributed by atoms with van der Waals surface area (Å²) < 4.78 is 0. The molecule has 3 aliphatic heterocycles. The Kier molecular flexibility index (Phi) is 13.8. The molecular weight excluding hydrogens is 676 g/mol. The highest BCUT2D eigenvalue weighted by Gasteiger charge is 2.69. The number of ketones is 1. The zero-order valence-electron chi connectivity index (χ0n) is 33.5. The lowest BCUT2D eigenvalue weighted by molar-refractivity contribution is -0.153. The fraction of sp³-hybridized carbons (Fsp3) is 0.825. The monoisotopic (exact) mass is 742 g/mol. The van der Waals surface area contributed by atoms with Gasteiger partial charge in [-0.25, -0.2) is 4.79 Å². The summed E-state index contributed by atoms with van der Waals surface area (Å²) in [7, 11) is 0. The van der Waals surface area contributed by atoms with Crippen LogP contribution in [0.4, 0.5) is 4.79 Å². The van der Waals surface area contributed by atoms with Crippen LogP contribution in [0.2, 0.25) is 0 Å². The van der Waals surface area contributed by atoms with E-state index in [9.17, 15) is 33.6 Å². The number of Topliss-reactive ketones (excluding diaryl/α,β-unsaturated/α-hetero) is 1. The molecule has 3 saturated heterocycles. The maximum Gasteiger partial charge on any atom is 0.315 e. The molecular formula is C40H66N6O7. The second kappa shape index (κ2) is 17.3. The van der Waals surface area contributed by atoms with Gasteiger partial charge in [-0.3, -0.25) is 33.7 Å². The predicted molar refractivity (Wildman–Crippen MR) is 201 cm³/mol. The fourth-order valence-electron chi connectivity index (χ4n) is 8.53. The largest absolute Gasteiger partial charge is 0.349 e. The lowest BCUT2D eigenvalue weighted by atomic mass is 9.80. The number of nitrogens with zero attached hydrogens (tertiary/aromatic N) is 2. The van der Waals surface area contributed by atoms with Crippen LogP contribution in [0.1, 0.15) is 139 Å².